The van der Waals surface area contributed by atoms with E-state index in [1.165, 1.54) is 24.1 Å². The number of carbonyl (C=O) groups excluding carboxylic acids is 3. The van der Waals surface area contributed by atoms with Crippen molar-refractivity contribution < 1.29 is 28.9 Å². The summed E-state index contributed by atoms with van der Waals surface area (Å²) in [6.07, 6.45) is 5.55. The van der Waals surface area contributed by atoms with E-state index >= 15 is 0 Å². The highest BCUT2D eigenvalue weighted by molar-refractivity contribution is 6.47. The van der Waals surface area contributed by atoms with Crippen LogP contribution in [0.4, 0.5) is 0 Å². The number of rotatable bonds is 9. The third-order valence-corrected chi connectivity index (χ3v) is 8.35. The Kier molecular flexibility index (Phi) is 7.83. The molecule has 9 nitrogen and oxygen atoms in total. The summed E-state index contributed by atoms with van der Waals surface area (Å²) in [5.41, 5.74) is 2.51. The van der Waals surface area contributed by atoms with E-state index in [0.29, 0.717) is 35.3 Å². The fourth-order valence-electron chi connectivity index (χ4n) is 6.14. The predicted molar refractivity (Wildman–Crippen MR) is 139 cm³/mol. The minimum absolute atomic E-state index is 0.0274. The molecule has 4 fully saturated rings. The quantitative estimate of drug-likeness (QED) is 0.175. The molecule has 3 amide bonds. The Bertz CT molecular complexity index is 1060. The van der Waals surface area contributed by atoms with Gasteiger partial charge in [-0.2, -0.15) is 0 Å². The second-order valence-electron chi connectivity index (χ2n) is 11.8. The van der Waals surface area contributed by atoms with Crippen molar-refractivity contribution in [3.63, 3.8) is 0 Å². The first-order valence-electron chi connectivity index (χ1n) is 13.1. The van der Waals surface area contributed by atoms with E-state index in [2.05, 4.69) is 45.3 Å². The van der Waals surface area contributed by atoms with Gasteiger partial charge in [-0.25, -0.2) is 5.48 Å². The number of amides is 3. The SMILES string of the molecule is CC(C)C[C@H](NC(=O)CNC(=O)c1ccc(/C=C/C(=O)NO)cc1)B1O[C@@H]2[C@@H]3C[C@H](C[C@]2(C)O1)C3(C)C. The van der Waals surface area contributed by atoms with Gasteiger partial charge in [0.15, 0.2) is 0 Å². The van der Waals surface area contributed by atoms with Crippen LogP contribution < -0.4 is 16.1 Å². The normalized spacial score (nSPS) is 28.4. The van der Waals surface area contributed by atoms with Gasteiger partial charge in [-0.15, -0.1) is 0 Å². The Morgan fingerprint density at radius 1 is 1.19 bits per heavy atom. The Hall–Kier alpha value is -2.69. The molecule has 5 atom stereocenters. The van der Waals surface area contributed by atoms with Crippen LogP contribution in [0.25, 0.3) is 6.08 Å². The first-order chi connectivity index (χ1) is 17.4. The van der Waals surface area contributed by atoms with Crippen molar-refractivity contribution in [3.05, 3.63) is 41.5 Å². The van der Waals surface area contributed by atoms with Crippen molar-refractivity contribution in [1.29, 1.82) is 0 Å². The first kappa shape index (κ1) is 27.4. The maximum atomic E-state index is 12.8. The molecule has 0 radical (unpaired) electrons. The van der Waals surface area contributed by atoms with E-state index < -0.39 is 13.0 Å². The molecule has 2 bridgehead atoms. The minimum Gasteiger partial charge on any atom is -0.404 e. The summed E-state index contributed by atoms with van der Waals surface area (Å²) in [7, 11) is -0.513. The Morgan fingerprint density at radius 2 is 1.89 bits per heavy atom. The molecule has 1 heterocycles. The van der Waals surface area contributed by atoms with Gasteiger partial charge in [0.1, 0.15) is 0 Å². The zero-order valence-electron chi connectivity index (χ0n) is 22.2. The van der Waals surface area contributed by atoms with Gasteiger partial charge < -0.3 is 19.9 Å². The molecule has 0 spiro atoms. The first-order valence-corrected chi connectivity index (χ1v) is 13.1. The van der Waals surface area contributed by atoms with Crippen molar-refractivity contribution in [1.82, 2.24) is 16.1 Å². The van der Waals surface area contributed by atoms with E-state index in [9.17, 15) is 14.4 Å². The minimum atomic E-state index is -0.648. The molecule has 10 heteroatoms. The zero-order valence-corrected chi connectivity index (χ0v) is 22.2. The van der Waals surface area contributed by atoms with Crippen LogP contribution in [0.5, 0.6) is 0 Å². The van der Waals surface area contributed by atoms with Gasteiger partial charge in [0.05, 0.1) is 24.2 Å². The van der Waals surface area contributed by atoms with Crippen LogP contribution in [0.2, 0.25) is 0 Å². The van der Waals surface area contributed by atoms with Gasteiger partial charge in [0, 0.05) is 11.6 Å². The van der Waals surface area contributed by atoms with E-state index in [1.807, 2.05) is 0 Å². The van der Waals surface area contributed by atoms with Crippen LogP contribution in [0.3, 0.4) is 0 Å². The average Bonchev–Trinajstić information content (AvgIpc) is 3.22. The zero-order chi connectivity index (χ0) is 27.0. The maximum absolute atomic E-state index is 12.8. The van der Waals surface area contributed by atoms with Crippen LogP contribution in [0.15, 0.2) is 30.3 Å². The number of carbonyl (C=O) groups is 3. The summed E-state index contributed by atoms with van der Waals surface area (Å²) in [5, 5.41) is 14.2. The largest absolute Gasteiger partial charge is 0.481 e. The molecule has 3 saturated carbocycles. The summed E-state index contributed by atoms with van der Waals surface area (Å²) in [6.45, 7) is 10.8. The highest BCUT2D eigenvalue weighted by atomic mass is 16.7. The van der Waals surface area contributed by atoms with Crippen molar-refractivity contribution in [2.24, 2.45) is 23.2 Å². The van der Waals surface area contributed by atoms with Gasteiger partial charge in [-0.3, -0.25) is 19.6 Å². The highest BCUT2D eigenvalue weighted by Crippen LogP contribution is 2.64. The van der Waals surface area contributed by atoms with Crippen LogP contribution in [-0.4, -0.2) is 54.2 Å². The molecular weight excluding hydrogens is 473 g/mol. The van der Waals surface area contributed by atoms with Gasteiger partial charge in [0.25, 0.3) is 11.8 Å². The molecule has 4 N–H and O–H groups in total. The molecule has 1 aromatic carbocycles. The Balaban J connectivity index is 1.32. The Labute approximate surface area is 218 Å². The summed E-state index contributed by atoms with van der Waals surface area (Å²) in [5.74, 6) is -0.216. The van der Waals surface area contributed by atoms with Crippen molar-refractivity contribution in [3.8, 4) is 0 Å². The third-order valence-electron chi connectivity index (χ3n) is 8.35. The van der Waals surface area contributed by atoms with E-state index in [1.54, 1.807) is 24.3 Å². The molecule has 1 aliphatic heterocycles. The third kappa shape index (κ3) is 5.76. The van der Waals surface area contributed by atoms with Gasteiger partial charge in [0.2, 0.25) is 5.91 Å². The topological polar surface area (TPSA) is 126 Å². The maximum Gasteiger partial charge on any atom is 0.481 e. The van der Waals surface area contributed by atoms with Gasteiger partial charge in [-0.1, -0.05) is 39.8 Å². The molecule has 37 heavy (non-hydrogen) atoms. The molecule has 4 aliphatic rings. The van der Waals surface area contributed by atoms with E-state index in [4.69, 9.17) is 14.5 Å². The standard InChI is InChI=1S/C27H38BN3O6/c1-16(2)12-21(28-36-24-20-13-19(26(20,3)4)14-27(24,5)37-28)30-23(33)15-29-25(34)18-9-6-17(7-10-18)8-11-22(32)31-35/h6-11,16,19-21,24,35H,12-15H2,1-5H3,(H,29,34)(H,30,33)(H,31,32)/b11-8+/t19-,20+,21+,24-,27+/m1/s1. The van der Waals surface area contributed by atoms with Crippen LogP contribution in [0.1, 0.15) is 69.8 Å². The Morgan fingerprint density at radius 3 is 2.51 bits per heavy atom. The van der Waals surface area contributed by atoms with Crippen molar-refractivity contribution in [2.75, 3.05) is 6.54 Å². The van der Waals surface area contributed by atoms with Crippen LogP contribution in [-0.2, 0) is 18.9 Å². The fraction of sp³-hybridized carbons (Fsp3) is 0.593. The van der Waals surface area contributed by atoms with Crippen LogP contribution in [0, 0.1) is 23.2 Å². The monoisotopic (exact) mass is 511 g/mol. The summed E-state index contributed by atoms with van der Waals surface area (Å²) >= 11 is 0. The number of hydrogen-bond donors (Lipinski definition) is 4. The molecule has 1 saturated heterocycles. The van der Waals surface area contributed by atoms with E-state index in [-0.39, 0.29) is 41.4 Å². The fourth-order valence-corrected chi connectivity index (χ4v) is 6.14. The van der Waals surface area contributed by atoms with E-state index in [0.717, 1.165) is 6.42 Å². The lowest BCUT2D eigenvalue weighted by Gasteiger charge is -2.63. The molecule has 0 unspecified atom stereocenters. The molecule has 5 rings (SSSR count). The molecule has 200 valence electrons. The molecule has 1 aromatic rings. The number of hydrogen-bond acceptors (Lipinski definition) is 6. The highest BCUT2D eigenvalue weighted by Gasteiger charge is 2.67. The summed E-state index contributed by atoms with van der Waals surface area (Å²) < 4.78 is 13.0. The van der Waals surface area contributed by atoms with Crippen molar-refractivity contribution >= 4 is 30.9 Å². The summed E-state index contributed by atoms with van der Waals surface area (Å²) in [4.78, 5) is 36.5. The lowest BCUT2D eigenvalue weighted by molar-refractivity contribution is -0.185. The van der Waals surface area contributed by atoms with Crippen molar-refractivity contribution in [2.45, 2.75) is 71.5 Å². The molecule has 0 aromatic heterocycles. The predicted octanol–water partition coefficient (Wildman–Crippen LogP) is 2.73. The van der Waals surface area contributed by atoms with Gasteiger partial charge in [-0.05, 0) is 73.1 Å². The molecule has 3 aliphatic carbocycles. The smallest absolute Gasteiger partial charge is 0.404 e. The second-order valence-corrected chi connectivity index (χ2v) is 11.8. The summed E-state index contributed by atoms with van der Waals surface area (Å²) in [6, 6.07) is 6.52. The van der Waals surface area contributed by atoms with Crippen LogP contribution >= 0.6 is 0 Å². The number of hydroxylamine groups is 1. The molecular formula is C27H38BN3O6. The lowest BCUT2D eigenvalue weighted by atomic mass is 9.45. The second kappa shape index (κ2) is 10.6. The lowest BCUT2D eigenvalue weighted by Crippen LogP contribution is -2.63. The average molecular weight is 511 g/mol. The number of benzene rings is 1. The number of nitrogens with one attached hydrogen (secondary N) is 3. The van der Waals surface area contributed by atoms with Gasteiger partial charge >= 0.3 is 7.12 Å².